The standard InChI is InChI=1S/C24H18ClNO4S/c1-15(29-24(28)22-21(25)19-9-5-6-10-20(19)31-22)23(27)26-16-11-13-18(14-12-16)30-17-7-3-2-4-8-17/h2-15H,1H3,(H,26,27). The zero-order valence-corrected chi connectivity index (χ0v) is 18.1. The van der Waals surface area contributed by atoms with Crippen LogP contribution in [0.4, 0.5) is 5.69 Å². The third-order valence-corrected chi connectivity index (χ3v) is 6.13. The summed E-state index contributed by atoms with van der Waals surface area (Å²) in [5.41, 5.74) is 0.563. The molecule has 5 nitrogen and oxygen atoms in total. The number of hydrogen-bond acceptors (Lipinski definition) is 5. The summed E-state index contributed by atoms with van der Waals surface area (Å²) in [5.74, 6) is 0.297. The third-order valence-electron chi connectivity index (χ3n) is 4.47. The van der Waals surface area contributed by atoms with E-state index in [4.69, 9.17) is 21.1 Å². The Morgan fingerprint density at radius 1 is 0.903 bits per heavy atom. The highest BCUT2D eigenvalue weighted by Gasteiger charge is 2.23. The Hall–Kier alpha value is -3.35. The average Bonchev–Trinajstić information content (AvgIpc) is 3.12. The number of rotatable bonds is 6. The minimum atomic E-state index is -0.992. The number of hydrogen-bond donors (Lipinski definition) is 1. The molecule has 31 heavy (non-hydrogen) atoms. The van der Waals surface area contributed by atoms with Crippen molar-refractivity contribution in [2.45, 2.75) is 13.0 Å². The first-order valence-electron chi connectivity index (χ1n) is 9.53. The second kappa shape index (κ2) is 9.20. The molecule has 1 aromatic heterocycles. The van der Waals surface area contributed by atoms with Crippen LogP contribution in [-0.2, 0) is 9.53 Å². The molecule has 1 unspecified atom stereocenters. The van der Waals surface area contributed by atoms with Gasteiger partial charge in [-0.25, -0.2) is 4.79 Å². The van der Waals surface area contributed by atoms with Gasteiger partial charge in [0.1, 0.15) is 16.4 Å². The fourth-order valence-corrected chi connectivity index (χ4v) is 4.28. The van der Waals surface area contributed by atoms with Gasteiger partial charge in [-0.3, -0.25) is 4.79 Å². The molecule has 0 aliphatic rings. The van der Waals surface area contributed by atoms with Crippen molar-refractivity contribution in [3.05, 3.63) is 88.8 Å². The molecule has 1 heterocycles. The quantitative estimate of drug-likeness (QED) is 0.338. The van der Waals surface area contributed by atoms with Gasteiger partial charge >= 0.3 is 5.97 Å². The van der Waals surface area contributed by atoms with E-state index in [1.165, 1.54) is 18.3 Å². The summed E-state index contributed by atoms with van der Waals surface area (Å²) >= 11 is 7.55. The van der Waals surface area contributed by atoms with Gasteiger partial charge in [-0.05, 0) is 49.4 Å². The van der Waals surface area contributed by atoms with E-state index in [-0.39, 0.29) is 4.88 Å². The molecule has 1 N–H and O–H groups in total. The summed E-state index contributed by atoms with van der Waals surface area (Å²) < 4.78 is 11.9. The molecule has 0 bridgehead atoms. The fraction of sp³-hybridized carbons (Fsp3) is 0.0833. The van der Waals surface area contributed by atoms with Gasteiger partial charge in [0.15, 0.2) is 6.10 Å². The third kappa shape index (κ3) is 4.87. The topological polar surface area (TPSA) is 64.6 Å². The molecule has 7 heteroatoms. The van der Waals surface area contributed by atoms with Crippen LogP contribution < -0.4 is 10.1 Å². The highest BCUT2D eigenvalue weighted by atomic mass is 35.5. The molecule has 0 saturated heterocycles. The second-order valence-corrected chi connectivity index (χ2v) is 8.15. The summed E-state index contributed by atoms with van der Waals surface area (Å²) in [5, 5.41) is 3.86. The number of amides is 1. The molecule has 1 atom stereocenters. The van der Waals surface area contributed by atoms with Crippen LogP contribution in [0.25, 0.3) is 10.1 Å². The summed E-state index contributed by atoms with van der Waals surface area (Å²) in [6, 6.07) is 23.8. The van der Waals surface area contributed by atoms with E-state index in [9.17, 15) is 9.59 Å². The molecule has 0 radical (unpaired) electrons. The molecular formula is C24H18ClNO4S. The largest absolute Gasteiger partial charge is 0.457 e. The van der Waals surface area contributed by atoms with Crippen LogP contribution in [0, 0.1) is 0 Å². The molecule has 0 aliphatic heterocycles. The first kappa shape index (κ1) is 20.9. The lowest BCUT2D eigenvalue weighted by Crippen LogP contribution is -2.29. The van der Waals surface area contributed by atoms with Crippen LogP contribution in [0.15, 0.2) is 78.9 Å². The Kier molecular flexibility index (Phi) is 6.21. The smallest absolute Gasteiger partial charge is 0.350 e. The number of fused-ring (bicyclic) bond motifs is 1. The Morgan fingerprint density at radius 2 is 1.55 bits per heavy atom. The maximum atomic E-state index is 12.5. The van der Waals surface area contributed by atoms with Crippen molar-refractivity contribution in [1.82, 2.24) is 0 Å². The Labute approximate surface area is 188 Å². The highest BCUT2D eigenvalue weighted by Crippen LogP contribution is 2.35. The zero-order chi connectivity index (χ0) is 21.8. The number of nitrogens with one attached hydrogen (secondary N) is 1. The van der Waals surface area contributed by atoms with Gasteiger partial charge in [0.05, 0.1) is 5.02 Å². The molecule has 3 aromatic carbocycles. The summed E-state index contributed by atoms with van der Waals surface area (Å²) in [6.45, 7) is 1.52. The van der Waals surface area contributed by atoms with Crippen molar-refractivity contribution in [2.24, 2.45) is 0 Å². The lowest BCUT2D eigenvalue weighted by molar-refractivity contribution is -0.123. The minimum absolute atomic E-state index is 0.282. The van der Waals surface area contributed by atoms with E-state index >= 15 is 0 Å². The number of carbonyl (C=O) groups excluding carboxylic acids is 2. The monoisotopic (exact) mass is 451 g/mol. The highest BCUT2D eigenvalue weighted by molar-refractivity contribution is 7.21. The number of para-hydroxylation sites is 1. The van der Waals surface area contributed by atoms with Crippen molar-refractivity contribution < 1.29 is 19.1 Å². The maximum absolute atomic E-state index is 12.5. The number of halogens is 1. The molecule has 0 saturated carbocycles. The van der Waals surface area contributed by atoms with Crippen molar-refractivity contribution in [1.29, 1.82) is 0 Å². The van der Waals surface area contributed by atoms with Crippen molar-refractivity contribution in [2.75, 3.05) is 5.32 Å². The van der Waals surface area contributed by atoms with E-state index in [0.29, 0.717) is 16.5 Å². The number of ether oxygens (including phenoxy) is 2. The van der Waals surface area contributed by atoms with E-state index < -0.39 is 18.0 Å². The van der Waals surface area contributed by atoms with Crippen LogP contribution in [-0.4, -0.2) is 18.0 Å². The number of carbonyl (C=O) groups is 2. The van der Waals surface area contributed by atoms with Crippen molar-refractivity contribution >= 4 is 50.6 Å². The fourth-order valence-electron chi connectivity index (χ4n) is 2.89. The first-order chi connectivity index (χ1) is 15.0. The summed E-state index contributed by atoms with van der Waals surface area (Å²) in [4.78, 5) is 25.3. The average molecular weight is 452 g/mol. The Balaban J connectivity index is 1.36. The predicted octanol–water partition coefficient (Wildman–Crippen LogP) is 6.53. The molecule has 4 rings (SSSR count). The van der Waals surface area contributed by atoms with E-state index in [0.717, 1.165) is 15.8 Å². The van der Waals surface area contributed by atoms with Gasteiger partial charge in [-0.15, -0.1) is 11.3 Å². The van der Waals surface area contributed by atoms with Gasteiger partial charge in [0, 0.05) is 15.8 Å². The van der Waals surface area contributed by atoms with Crippen LogP contribution in [0.1, 0.15) is 16.6 Å². The van der Waals surface area contributed by atoms with Crippen molar-refractivity contribution in [3.8, 4) is 11.5 Å². The normalized spacial score (nSPS) is 11.7. The van der Waals surface area contributed by atoms with E-state index in [1.807, 2.05) is 54.6 Å². The van der Waals surface area contributed by atoms with Crippen molar-refractivity contribution in [3.63, 3.8) is 0 Å². The van der Waals surface area contributed by atoms with Crippen LogP contribution in [0.5, 0.6) is 11.5 Å². The van der Waals surface area contributed by atoms with Gasteiger partial charge < -0.3 is 14.8 Å². The number of anilines is 1. The first-order valence-corrected chi connectivity index (χ1v) is 10.7. The van der Waals surface area contributed by atoms with Gasteiger partial charge in [-0.1, -0.05) is 48.0 Å². The Morgan fingerprint density at radius 3 is 2.26 bits per heavy atom. The van der Waals surface area contributed by atoms with Crippen LogP contribution in [0.2, 0.25) is 5.02 Å². The van der Waals surface area contributed by atoms with E-state index in [1.54, 1.807) is 24.3 Å². The number of thiophene rings is 1. The molecule has 4 aromatic rings. The number of benzene rings is 3. The minimum Gasteiger partial charge on any atom is -0.457 e. The second-order valence-electron chi connectivity index (χ2n) is 6.72. The van der Waals surface area contributed by atoms with Gasteiger partial charge in [0.2, 0.25) is 0 Å². The summed E-state index contributed by atoms with van der Waals surface area (Å²) in [6.07, 6.45) is -0.992. The van der Waals surface area contributed by atoms with E-state index in [2.05, 4.69) is 5.32 Å². The predicted molar refractivity (Wildman–Crippen MR) is 123 cm³/mol. The lowest BCUT2D eigenvalue weighted by atomic mass is 10.2. The lowest BCUT2D eigenvalue weighted by Gasteiger charge is -2.13. The van der Waals surface area contributed by atoms with Gasteiger partial charge in [-0.2, -0.15) is 0 Å². The molecular weight excluding hydrogens is 434 g/mol. The molecule has 1 amide bonds. The maximum Gasteiger partial charge on any atom is 0.350 e. The molecule has 0 spiro atoms. The van der Waals surface area contributed by atoms with Gasteiger partial charge in [0.25, 0.3) is 5.91 Å². The molecule has 0 aliphatic carbocycles. The zero-order valence-electron chi connectivity index (χ0n) is 16.5. The Bertz CT molecular complexity index is 1220. The number of esters is 1. The summed E-state index contributed by atoms with van der Waals surface area (Å²) in [7, 11) is 0. The SMILES string of the molecule is CC(OC(=O)c1sc2ccccc2c1Cl)C(=O)Nc1ccc(Oc2ccccc2)cc1. The van der Waals surface area contributed by atoms with Crippen LogP contribution >= 0.6 is 22.9 Å². The molecule has 0 fully saturated rings. The molecule has 156 valence electrons. The van der Waals surface area contributed by atoms with Crippen LogP contribution in [0.3, 0.4) is 0 Å².